The first kappa shape index (κ1) is 19.7. The maximum absolute atomic E-state index is 11.9. The molecule has 0 spiro atoms. The first-order chi connectivity index (χ1) is 13.0. The summed E-state index contributed by atoms with van der Waals surface area (Å²) in [6, 6.07) is 9.42. The molecule has 2 heterocycles. The van der Waals surface area contributed by atoms with E-state index in [4.69, 9.17) is 10.00 Å². The number of aromatic nitrogens is 2. The second-order valence-corrected chi connectivity index (χ2v) is 9.53. The number of benzene rings is 1. The first-order valence-electron chi connectivity index (χ1n) is 8.76. The van der Waals surface area contributed by atoms with Crippen LogP contribution in [0.25, 0.3) is 5.69 Å². The van der Waals surface area contributed by atoms with E-state index in [1.807, 2.05) is 36.0 Å². The van der Waals surface area contributed by atoms with Gasteiger partial charge in [-0.3, -0.25) is 0 Å². The standard InChI is InChI=1S/C18H22N4O3S2/c1-2-27(23,24)21-18-7-8-26-13-15(18)12-25-17-5-3-16(4-6-17)22-11-14(9-19)10-20-22/h3-6,10-11,15,18,21H,2,7-8,12-13H2,1H3/t15-,18-/m0/s1. The summed E-state index contributed by atoms with van der Waals surface area (Å²) in [5.41, 5.74) is 1.34. The van der Waals surface area contributed by atoms with Crippen LogP contribution in [0.5, 0.6) is 5.75 Å². The summed E-state index contributed by atoms with van der Waals surface area (Å²) >= 11 is 1.83. The number of nitrogens with one attached hydrogen (secondary N) is 1. The van der Waals surface area contributed by atoms with Crippen molar-refractivity contribution in [1.29, 1.82) is 5.26 Å². The molecule has 0 bridgehead atoms. The molecule has 9 heteroatoms. The van der Waals surface area contributed by atoms with Crippen LogP contribution in [-0.4, -0.2) is 48.1 Å². The van der Waals surface area contributed by atoms with Crippen LogP contribution >= 0.6 is 11.8 Å². The lowest BCUT2D eigenvalue weighted by molar-refractivity contribution is 0.229. The molecule has 0 amide bonds. The van der Waals surface area contributed by atoms with Gasteiger partial charge in [-0.1, -0.05) is 0 Å². The van der Waals surface area contributed by atoms with Crippen LogP contribution < -0.4 is 9.46 Å². The minimum Gasteiger partial charge on any atom is -0.493 e. The van der Waals surface area contributed by atoms with Crippen molar-refractivity contribution in [3.63, 3.8) is 0 Å². The maximum atomic E-state index is 11.9. The minimum absolute atomic E-state index is 0.0797. The monoisotopic (exact) mass is 406 g/mol. The Morgan fingerprint density at radius 1 is 1.41 bits per heavy atom. The van der Waals surface area contributed by atoms with Crippen molar-refractivity contribution in [2.75, 3.05) is 23.9 Å². The molecule has 2 atom stereocenters. The first-order valence-corrected chi connectivity index (χ1v) is 11.6. The van der Waals surface area contributed by atoms with Crippen molar-refractivity contribution >= 4 is 21.8 Å². The average Bonchev–Trinajstić information content (AvgIpc) is 3.17. The summed E-state index contributed by atoms with van der Waals surface area (Å²) in [6.07, 6.45) is 4.00. The van der Waals surface area contributed by atoms with Crippen LogP contribution in [0.2, 0.25) is 0 Å². The third-order valence-corrected chi connectivity index (χ3v) is 7.07. The summed E-state index contributed by atoms with van der Waals surface area (Å²) in [5, 5.41) is 13.0. The fraction of sp³-hybridized carbons (Fsp3) is 0.444. The molecular formula is C18H22N4O3S2. The van der Waals surface area contributed by atoms with Crippen LogP contribution in [0.4, 0.5) is 0 Å². The van der Waals surface area contributed by atoms with Crippen LogP contribution in [0, 0.1) is 17.2 Å². The fourth-order valence-electron chi connectivity index (χ4n) is 2.85. The number of rotatable bonds is 7. The van der Waals surface area contributed by atoms with Gasteiger partial charge in [0.05, 0.1) is 29.8 Å². The highest BCUT2D eigenvalue weighted by Crippen LogP contribution is 2.25. The Morgan fingerprint density at radius 2 is 2.19 bits per heavy atom. The Balaban J connectivity index is 1.60. The van der Waals surface area contributed by atoms with Crippen LogP contribution in [0.3, 0.4) is 0 Å². The largest absolute Gasteiger partial charge is 0.493 e. The number of sulfonamides is 1. The van der Waals surface area contributed by atoms with Gasteiger partial charge < -0.3 is 4.74 Å². The predicted molar refractivity (Wildman–Crippen MR) is 106 cm³/mol. The molecule has 1 saturated heterocycles. The molecule has 0 radical (unpaired) electrons. The second kappa shape index (κ2) is 8.78. The highest BCUT2D eigenvalue weighted by molar-refractivity contribution is 7.99. The molecule has 0 aliphatic carbocycles. The molecule has 1 fully saturated rings. The molecular weight excluding hydrogens is 384 g/mol. The maximum Gasteiger partial charge on any atom is 0.211 e. The molecule has 1 aliphatic heterocycles. The second-order valence-electron chi connectivity index (χ2n) is 6.34. The molecule has 1 aromatic heterocycles. The predicted octanol–water partition coefficient (Wildman–Crippen LogP) is 2.18. The summed E-state index contributed by atoms with van der Waals surface area (Å²) in [6.45, 7) is 2.11. The fourth-order valence-corrected chi connectivity index (χ4v) is 5.01. The third-order valence-electron chi connectivity index (χ3n) is 4.46. The molecule has 27 heavy (non-hydrogen) atoms. The van der Waals surface area contributed by atoms with Crippen LogP contribution in [-0.2, 0) is 10.0 Å². The van der Waals surface area contributed by atoms with E-state index in [9.17, 15) is 8.42 Å². The van der Waals surface area contributed by atoms with E-state index in [0.717, 1.165) is 29.4 Å². The SMILES string of the molecule is CCS(=O)(=O)N[C@H]1CCSC[C@@H]1COc1ccc(-n2cc(C#N)cn2)cc1. The van der Waals surface area contributed by atoms with Gasteiger partial charge in [-0.05, 0) is 43.4 Å². The highest BCUT2D eigenvalue weighted by atomic mass is 32.2. The van der Waals surface area contributed by atoms with E-state index >= 15 is 0 Å². The van der Waals surface area contributed by atoms with Crippen LogP contribution in [0.1, 0.15) is 18.9 Å². The topological polar surface area (TPSA) is 97.0 Å². The molecule has 7 nitrogen and oxygen atoms in total. The van der Waals surface area contributed by atoms with Gasteiger partial charge in [0.15, 0.2) is 0 Å². The number of hydrogen-bond donors (Lipinski definition) is 1. The highest BCUT2D eigenvalue weighted by Gasteiger charge is 2.29. The smallest absolute Gasteiger partial charge is 0.211 e. The van der Waals surface area contributed by atoms with E-state index in [2.05, 4.69) is 15.9 Å². The van der Waals surface area contributed by atoms with Gasteiger partial charge in [0.2, 0.25) is 10.0 Å². The number of ether oxygens (including phenoxy) is 1. The number of nitriles is 1. The molecule has 2 aromatic rings. The van der Waals surface area contributed by atoms with Gasteiger partial charge in [0, 0.05) is 23.9 Å². The number of nitrogens with zero attached hydrogens (tertiary/aromatic N) is 3. The van der Waals surface area contributed by atoms with Gasteiger partial charge in [0.25, 0.3) is 0 Å². The molecule has 1 aliphatic rings. The summed E-state index contributed by atoms with van der Waals surface area (Å²) in [7, 11) is -3.22. The Kier molecular flexibility index (Phi) is 6.42. The van der Waals surface area contributed by atoms with E-state index < -0.39 is 10.0 Å². The van der Waals surface area contributed by atoms with E-state index in [-0.39, 0.29) is 17.7 Å². The molecule has 1 N–H and O–H groups in total. The zero-order chi connectivity index (χ0) is 19.3. The molecule has 1 aromatic carbocycles. The molecule has 3 rings (SSSR count). The van der Waals surface area contributed by atoms with Gasteiger partial charge in [0.1, 0.15) is 11.8 Å². The Morgan fingerprint density at radius 3 is 2.85 bits per heavy atom. The quantitative estimate of drug-likeness (QED) is 0.757. The van der Waals surface area contributed by atoms with Crippen molar-refractivity contribution in [2.45, 2.75) is 19.4 Å². The van der Waals surface area contributed by atoms with Crippen molar-refractivity contribution in [3.05, 3.63) is 42.2 Å². The zero-order valence-electron chi connectivity index (χ0n) is 15.0. The Bertz CT molecular complexity index is 903. The third kappa shape index (κ3) is 5.25. The van der Waals surface area contributed by atoms with E-state index in [1.165, 1.54) is 6.20 Å². The lowest BCUT2D eigenvalue weighted by Crippen LogP contribution is -2.46. The van der Waals surface area contributed by atoms with Crippen molar-refractivity contribution in [1.82, 2.24) is 14.5 Å². The van der Waals surface area contributed by atoms with Crippen molar-refractivity contribution in [3.8, 4) is 17.5 Å². The van der Waals surface area contributed by atoms with Gasteiger partial charge in [-0.25, -0.2) is 17.8 Å². The van der Waals surface area contributed by atoms with Gasteiger partial charge in [-0.2, -0.15) is 22.1 Å². The summed E-state index contributed by atoms with van der Waals surface area (Å²) in [4.78, 5) is 0. The van der Waals surface area contributed by atoms with Gasteiger partial charge >= 0.3 is 0 Å². The average molecular weight is 407 g/mol. The number of thioether (sulfide) groups is 1. The van der Waals surface area contributed by atoms with Crippen LogP contribution in [0.15, 0.2) is 36.7 Å². The lowest BCUT2D eigenvalue weighted by Gasteiger charge is -2.31. The molecule has 0 unspecified atom stereocenters. The molecule has 144 valence electrons. The zero-order valence-corrected chi connectivity index (χ0v) is 16.7. The van der Waals surface area contributed by atoms with E-state index in [0.29, 0.717) is 12.2 Å². The summed E-state index contributed by atoms with van der Waals surface area (Å²) < 4.78 is 34.1. The van der Waals surface area contributed by atoms with Crippen molar-refractivity contribution < 1.29 is 13.2 Å². The lowest BCUT2D eigenvalue weighted by atomic mass is 10.0. The summed E-state index contributed by atoms with van der Waals surface area (Å²) in [5.74, 6) is 2.77. The number of hydrogen-bond acceptors (Lipinski definition) is 6. The Hall–Kier alpha value is -2.02. The van der Waals surface area contributed by atoms with Gasteiger partial charge in [-0.15, -0.1) is 0 Å². The normalized spacial score (nSPS) is 20.1. The van der Waals surface area contributed by atoms with Crippen molar-refractivity contribution in [2.24, 2.45) is 5.92 Å². The molecule has 0 saturated carbocycles. The minimum atomic E-state index is -3.22. The Labute approximate surface area is 163 Å². The van der Waals surface area contributed by atoms with E-state index in [1.54, 1.807) is 17.8 Å².